The number of sulfone groups is 1. The van der Waals surface area contributed by atoms with Crippen molar-refractivity contribution < 1.29 is 13.2 Å². The number of rotatable bonds is 7. The lowest BCUT2D eigenvalue weighted by Crippen LogP contribution is -2.29. The molecule has 0 aliphatic heterocycles. The number of ether oxygens (including phenoxy) is 1. The fraction of sp³-hybridized carbons (Fsp3) is 0.520. The van der Waals surface area contributed by atoms with Crippen molar-refractivity contribution in [1.82, 2.24) is 0 Å². The molecule has 1 saturated carbocycles. The second-order valence-electron chi connectivity index (χ2n) is 9.21. The standard InChI is InChI=1S/C25H34O3S/c1-25(2,3)29(26,27)19-22-13-11-20(12-14-22)9-10-21-15-17-24(18-16-21)28-23-7-5-4-6-8-23/h11-18,23H,4-10,19H2,1-3H3. The van der Waals surface area contributed by atoms with Gasteiger partial charge in [0.1, 0.15) is 5.75 Å². The summed E-state index contributed by atoms with van der Waals surface area (Å²) in [6.07, 6.45) is 8.54. The van der Waals surface area contributed by atoms with Gasteiger partial charge in [0.2, 0.25) is 0 Å². The van der Waals surface area contributed by atoms with Gasteiger partial charge in [-0.05, 0) is 88.1 Å². The molecule has 0 saturated heterocycles. The molecule has 0 amide bonds. The van der Waals surface area contributed by atoms with Gasteiger partial charge < -0.3 is 4.74 Å². The third kappa shape index (κ3) is 6.33. The van der Waals surface area contributed by atoms with Gasteiger partial charge in [0.25, 0.3) is 0 Å². The van der Waals surface area contributed by atoms with Crippen LogP contribution in [-0.4, -0.2) is 19.3 Å². The van der Waals surface area contributed by atoms with E-state index in [0.717, 1.165) is 24.2 Å². The normalized spacial score (nSPS) is 16.0. The molecule has 2 aromatic rings. The van der Waals surface area contributed by atoms with Crippen molar-refractivity contribution in [2.75, 3.05) is 0 Å². The molecule has 0 aromatic heterocycles. The lowest BCUT2D eigenvalue weighted by Gasteiger charge is -2.23. The third-order valence-electron chi connectivity index (χ3n) is 5.79. The summed E-state index contributed by atoms with van der Waals surface area (Å²) in [7, 11) is -3.15. The topological polar surface area (TPSA) is 43.4 Å². The number of hydrogen-bond acceptors (Lipinski definition) is 3. The molecule has 4 heteroatoms. The van der Waals surface area contributed by atoms with E-state index in [0.29, 0.717) is 6.10 Å². The summed E-state index contributed by atoms with van der Waals surface area (Å²) in [5.74, 6) is 1.07. The van der Waals surface area contributed by atoms with E-state index in [4.69, 9.17) is 4.74 Å². The summed E-state index contributed by atoms with van der Waals surface area (Å²) in [6, 6.07) is 16.5. The van der Waals surface area contributed by atoms with Gasteiger partial charge in [-0.25, -0.2) is 8.42 Å². The summed E-state index contributed by atoms with van der Waals surface area (Å²) >= 11 is 0. The van der Waals surface area contributed by atoms with Crippen LogP contribution in [0.5, 0.6) is 5.75 Å². The van der Waals surface area contributed by atoms with Crippen LogP contribution in [-0.2, 0) is 28.4 Å². The Bertz CT molecular complexity index is 869. The van der Waals surface area contributed by atoms with Crippen molar-refractivity contribution in [3.05, 3.63) is 65.2 Å². The summed E-state index contributed by atoms with van der Waals surface area (Å²) in [4.78, 5) is 0. The predicted octanol–water partition coefficient (Wildman–Crippen LogP) is 5.90. The average molecular weight is 415 g/mol. The van der Waals surface area contributed by atoms with Gasteiger partial charge in [-0.3, -0.25) is 0 Å². The maximum atomic E-state index is 12.4. The molecule has 2 aromatic carbocycles. The van der Waals surface area contributed by atoms with E-state index in [9.17, 15) is 8.42 Å². The number of benzene rings is 2. The fourth-order valence-corrected chi connectivity index (χ4v) is 4.70. The van der Waals surface area contributed by atoms with Crippen LogP contribution in [0.3, 0.4) is 0 Å². The monoisotopic (exact) mass is 414 g/mol. The van der Waals surface area contributed by atoms with E-state index in [2.05, 4.69) is 24.3 Å². The van der Waals surface area contributed by atoms with Crippen molar-refractivity contribution in [2.45, 2.75) is 82.3 Å². The minimum absolute atomic E-state index is 0.0965. The Morgan fingerprint density at radius 3 is 1.79 bits per heavy atom. The lowest BCUT2D eigenvalue weighted by molar-refractivity contribution is 0.155. The molecule has 0 unspecified atom stereocenters. The average Bonchev–Trinajstić information content (AvgIpc) is 2.68. The molecule has 158 valence electrons. The van der Waals surface area contributed by atoms with E-state index < -0.39 is 14.6 Å². The highest BCUT2D eigenvalue weighted by atomic mass is 32.2. The zero-order valence-electron chi connectivity index (χ0n) is 18.0. The molecule has 0 atom stereocenters. The summed E-state index contributed by atoms with van der Waals surface area (Å²) in [5.41, 5.74) is 3.37. The van der Waals surface area contributed by atoms with Crippen LogP contribution in [0.1, 0.15) is 69.6 Å². The largest absolute Gasteiger partial charge is 0.490 e. The van der Waals surface area contributed by atoms with Crippen LogP contribution in [0.4, 0.5) is 0 Å². The highest BCUT2D eigenvalue weighted by Gasteiger charge is 2.28. The first-order valence-electron chi connectivity index (χ1n) is 10.8. The van der Waals surface area contributed by atoms with Gasteiger partial charge in [0, 0.05) is 0 Å². The van der Waals surface area contributed by atoms with Crippen LogP contribution in [0.15, 0.2) is 48.5 Å². The Hall–Kier alpha value is -1.81. The van der Waals surface area contributed by atoms with E-state index in [1.165, 1.54) is 43.2 Å². The Kier molecular flexibility index (Phi) is 7.05. The highest BCUT2D eigenvalue weighted by molar-refractivity contribution is 7.91. The smallest absolute Gasteiger partial charge is 0.159 e. The van der Waals surface area contributed by atoms with Gasteiger partial charge in [-0.1, -0.05) is 42.8 Å². The van der Waals surface area contributed by atoms with Crippen molar-refractivity contribution in [1.29, 1.82) is 0 Å². The quantitative estimate of drug-likeness (QED) is 0.567. The van der Waals surface area contributed by atoms with E-state index in [-0.39, 0.29) is 5.75 Å². The zero-order valence-corrected chi connectivity index (χ0v) is 18.8. The van der Waals surface area contributed by atoms with Gasteiger partial charge in [-0.2, -0.15) is 0 Å². The third-order valence-corrected chi connectivity index (χ3v) is 8.37. The predicted molar refractivity (Wildman–Crippen MR) is 120 cm³/mol. The highest BCUT2D eigenvalue weighted by Crippen LogP contribution is 2.24. The van der Waals surface area contributed by atoms with Gasteiger partial charge in [0.15, 0.2) is 9.84 Å². The fourth-order valence-electron chi connectivity index (χ4n) is 3.64. The second kappa shape index (κ2) is 9.34. The molecule has 0 spiro atoms. The van der Waals surface area contributed by atoms with Gasteiger partial charge >= 0.3 is 0 Å². The molecule has 0 heterocycles. The first-order chi connectivity index (χ1) is 13.7. The summed E-state index contributed by atoms with van der Waals surface area (Å²) < 4.78 is 30.1. The Balaban J connectivity index is 1.51. The van der Waals surface area contributed by atoms with E-state index >= 15 is 0 Å². The van der Waals surface area contributed by atoms with Crippen molar-refractivity contribution in [3.8, 4) is 5.75 Å². The molecule has 29 heavy (non-hydrogen) atoms. The van der Waals surface area contributed by atoms with Crippen LogP contribution in [0, 0.1) is 0 Å². The molecule has 3 nitrogen and oxygen atoms in total. The number of hydrogen-bond donors (Lipinski definition) is 0. The molecule has 0 radical (unpaired) electrons. The lowest BCUT2D eigenvalue weighted by atomic mass is 9.98. The molecule has 1 aliphatic rings. The Morgan fingerprint density at radius 2 is 1.28 bits per heavy atom. The Morgan fingerprint density at radius 1 is 0.793 bits per heavy atom. The first-order valence-corrected chi connectivity index (χ1v) is 12.4. The summed E-state index contributed by atoms with van der Waals surface area (Å²) in [5, 5.41) is 0. The van der Waals surface area contributed by atoms with Crippen LogP contribution >= 0.6 is 0 Å². The maximum Gasteiger partial charge on any atom is 0.159 e. The minimum Gasteiger partial charge on any atom is -0.490 e. The van der Waals surface area contributed by atoms with Gasteiger partial charge in [-0.15, -0.1) is 0 Å². The first kappa shape index (κ1) is 21.9. The molecular weight excluding hydrogens is 380 g/mol. The molecule has 0 N–H and O–H groups in total. The summed E-state index contributed by atoms with van der Waals surface area (Å²) in [6.45, 7) is 5.26. The maximum absolute atomic E-state index is 12.4. The van der Waals surface area contributed by atoms with Crippen LogP contribution in [0.25, 0.3) is 0 Å². The molecule has 3 rings (SSSR count). The van der Waals surface area contributed by atoms with Gasteiger partial charge in [0.05, 0.1) is 16.6 Å². The Labute approximate surface area is 176 Å². The molecule has 0 bridgehead atoms. The minimum atomic E-state index is -3.15. The molecule has 1 fully saturated rings. The van der Waals surface area contributed by atoms with E-state index in [1.807, 2.05) is 24.3 Å². The van der Waals surface area contributed by atoms with Crippen molar-refractivity contribution >= 4 is 9.84 Å². The van der Waals surface area contributed by atoms with Crippen molar-refractivity contribution in [2.24, 2.45) is 0 Å². The van der Waals surface area contributed by atoms with Crippen molar-refractivity contribution in [3.63, 3.8) is 0 Å². The van der Waals surface area contributed by atoms with E-state index in [1.54, 1.807) is 20.8 Å². The molecular formula is C25H34O3S. The zero-order chi connectivity index (χ0) is 20.9. The van der Waals surface area contributed by atoms with Crippen LogP contribution in [0.2, 0.25) is 0 Å². The number of aryl methyl sites for hydroxylation is 2. The second-order valence-corrected chi connectivity index (χ2v) is 12.0. The van der Waals surface area contributed by atoms with Crippen LogP contribution < -0.4 is 4.74 Å². The molecule has 1 aliphatic carbocycles. The SMILES string of the molecule is CC(C)(C)S(=O)(=O)Cc1ccc(CCc2ccc(OC3CCCCC3)cc2)cc1.